The molecule has 2 aromatic heterocycles. The number of pyridine rings is 1. The van der Waals surface area contributed by atoms with Gasteiger partial charge in [-0.15, -0.1) is 0 Å². The van der Waals surface area contributed by atoms with Crippen LogP contribution in [0.5, 0.6) is 0 Å². The smallest absolute Gasteiger partial charge is 0.239 e. The van der Waals surface area contributed by atoms with E-state index in [9.17, 15) is 9.59 Å². The van der Waals surface area contributed by atoms with E-state index in [0.717, 1.165) is 24.2 Å². The molecule has 0 spiro atoms. The molecule has 7 heteroatoms. The van der Waals surface area contributed by atoms with Gasteiger partial charge < -0.3 is 20.4 Å². The van der Waals surface area contributed by atoms with Gasteiger partial charge in [-0.3, -0.25) is 9.59 Å². The molecule has 0 bridgehead atoms. The lowest BCUT2D eigenvalue weighted by Crippen LogP contribution is -2.41. The summed E-state index contributed by atoms with van der Waals surface area (Å²) >= 11 is 0. The van der Waals surface area contributed by atoms with Gasteiger partial charge in [-0.25, -0.2) is 4.98 Å². The Kier molecular flexibility index (Phi) is 7.35. The van der Waals surface area contributed by atoms with Crippen LogP contribution in [0.25, 0.3) is 5.65 Å². The zero-order chi connectivity index (χ0) is 20.5. The first-order valence-corrected chi connectivity index (χ1v) is 9.80. The van der Waals surface area contributed by atoms with Crippen molar-refractivity contribution >= 4 is 17.5 Å². The molecule has 2 amide bonds. The minimum absolute atomic E-state index is 0.0343. The van der Waals surface area contributed by atoms with E-state index in [1.807, 2.05) is 47.1 Å². The Hall–Kier alpha value is -3.19. The molecule has 3 N–H and O–H groups in total. The fourth-order valence-corrected chi connectivity index (χ4v) is 3.10. The van der Waals surface area contributed by atoms with Crippen LogP contribution in [0.3, 0.4) is 0 Å². The molecular weight excluding hydrogens is 366 g/mol. The van der Waals surface area contributed by atoms with Crippen molar-refractivity contribution in [3.05, 3.63) is 72.2 Å². The summed E-state index contributed by atoms with van der Waals surface area (Å²) in [5, 5.41) is 8.59. The molecule has 0 aliphatic carbocycles. The second kappa shape index (κ2) is 10.4. The molecule has 1 atom stereocenters. The van der Waals surface area contributed by atoms with Crippen LogP contribution in [0.2, 0.25) is 0 Å². The zero-order valence-electron chi connectivity index (χ0n) is 16.6. The summed E-state index contributed by atoms with van der Waals surface area (Å²) in [6.07, 6.45) is 6.46. The average Bonchev–Trinajstić information content (AvgIpc) is 3.19. The number of nitrogens with one attached hydrogen (secondary N) is 3. The van der Waals surface area contributed by atoms with Crippen LogP contribution in [-0.4, -0.2) is 40.8 Å². The number of fused-ring (bicyclic) bond motifs is 1. The summed E-state index contributed by atoms with van der Waals surface area (Å²) in [4.78, 5) is 28.1. The first-order chi connectivity index (χ1) is 14.1. The summed E-state index contributed by atoms with van der Waals surface area (Å²) in [5.74, 6) is 0.00903. The number of carbonyl (C=O) groups is 2. The molecular formula is C22H27N5O2. The Morgan fingerprint density at radius 1 is 1.00 bits per heavy atom. The fourth-order valence-electron chi connectivity index (χ4n) is 3.10. The molecule has 0 aliphatic rings. The van der Waals surface area contributed by atoms with Crippen LogP contribution in [0.1, 0.15) is 18.1 Å². The molecule has 0 aliphatic heterocycles. The molecule has 1 aromatic carbocycles. The van der Waals surface area contributed by atoms with Crippen LogP contribution >= 0.6 is 0 Å². The first kappa shape index (κ1) is 20.5. The van der Waals surface area contributed by atoms with Gasteiger partial charge in [0.1, 0.15) is 5.65 Å². The first-order valence-electron chi connectivity index (χ1n) is 9.80. The molecule has 29 heavy (non-hydrogen) atoms. The number of rotatable bonds is 10. The van der Waals surface area contributed by atoms with Crippen LogP contribution in [0, 0.1) is 5.92 Å². The maximum absolute atomic E-state index is 12.0. The van der Waals surface area contributed by atoms with Crippen molar-refractivity contribution in [3.8, 4) is 0 Å². The van der Waals surface area contributed by atoms with E-state index in [0.29, 0.717) is 12.5 Å². The molecule has 0 saturated heterocycles. The monoisotopic (exact) mass is 393 g/mol. The third kappa shape index (κ3) is 6.73. The van der Waals surface area contributed by atoms with E-state index in [-0.39, 0.29) is 24.9 Å². The summed E-state index contributed by atoms with van der Waals surface area (Å²) in [5.41, 5.74) is 3.11. The molecule has 3 rings (SSSR count). The zero-order valence-corrected chi connectivity index (χ0v) is 16.6. The summed E-state index contributed by atoms with van der Waals surface area (Å²) in [6, 6.07) is 14.1. The fraction of sp³-hybridized carbons (Fsp3) is 0.318. The molecule has 0 radical (unpaired) electrons. The largest absolute Gasteiger partial charge is 0.350 e. The Morgan fingerprint density at radius 2 is 1.79 bits per heavy atom. The van der Waals surface area contributed by atoms with Gasteiger partial charge in [0.25, 0.3) is 0 Å². The van der Waals surface area contributed by atoms with E-state index >= 15 is 0 Å². The molecule has 0 saturated carbocycles. The second-order valence-electron chi connectivity index (χ2n) is 7.21. The van der Waals surface area contributed by atoms with Crippen LogP contribution in [0.15, 0.2) is 61.1 Å². The molecule has 152 valence electrons. The van der Waals surface area contributed by atoms with Gasteiger partial charge in [0.05, 0.1) is 13.1 Å². The third-order valence-electron chi connectivity index (χ3n) is 4.59. The lowest BCUT2D eigenvalue weighted by molar-refractivity contribution is -0.125. The lowest BCUT2D eigenvalue weighted by Gasteiger charge is -2.13. The maximum atomic E-state index is 12.0. The van der Waals surface area contributed by atoms with Crippen molar-refractivity contribution < 1.29 is 9.59 Å². The normalized spacial score (nSPS) is 11.9. The van der Waals surface area contributed by atoms with Gasteiger partial charge in [0.15, 0.2) is 0 Å². The van der Waals surface area contributed by atoms with Crippen molar-refractivity contribution in [2.45, 2.75) is 19.9 Å². The summed E-state index contributed by atoms with van der Waals surface area (Å²) in [6.45, 7) is 3.45. The van der Waals surface area contributed by atoms with Crippen molar-refractivity contribution in [2.24, 2.45) is 5.92 Å². The highest BCUT2D eigenvalue weighted by molar-refractivity contribution is 5.85. The maximum Gasteiger partial charge on any atom is 0.239 e. The standard InChI is InChI=1S/C22H27N5O2/c1-17(11-18-5-3-2-4-6-18)12-23-14-21(28)26-15-22(29)25-13-19-7-8-20-24-9-10-27(20)16-19/h2-10,16-17,23H,11-15H2,1H3,(H,25,29)(H,26,28). The quantitative estimate of drug-likeness (QED) is 0.488. The highest BCUT2D eigenvalue weighted by Gasteiger charge is 2.08. The highest BCUT2D eigenvalue weighted by atomic mass is 16.2. The van der Waals surface area contributed by atoms with Gasteiger partial charge in [-0.1, -0.05) is 43.3 Å². The molecule has 7 nitrogen and oxygen atoms in total. The molecule has 2 heterocycles. The lowest BCUT2D eigenvalue weighted by atomic mass is 10.0. The van der Waals surface area contributed by atoms with Crippen LogP contribution in [0.4, 0.5) is 0 Å². The number of hydrogen-bond donors (Lipinski definition) is 3. The molecule has 1 unspecified atom stereocenters. The van der Waals surface area contributed by atoms with E-state index < -0.39 is 0 Å². The number of hydrogen-bond acceptors (Lipinski definition) is 4. The van der Waals surface area contributed by atoms with Crippen molar-refractivity contribution in [1.29, 1.82) is 0 Å². The van der Waals surface area contributed by atoms with Gasteiger partial charge in [0, 0.05) is 25.1 Å². The van der Waals surface area contributed by atoms with Crippen LogP contribution < -0.4 is 16.0 Å². The van der Waals surface area contributed by atoms with Gasteiger partial charge >= 0.3 is 0 Å². The Labute approximate surface area is 170 Å². The predicted octanol–water partition coefficient (Wildman–Crippen LogP) is 1.54. The predicted molar refractivity (Wildman–Crippen MR) is 112 cm³/mol. The summed E-state index contributed by atoms with van der Waals surface area (Å²) < 4.78 is 1.90. The Morgan fingerprint density at radius 3 is 2.62 bits per heavy atom. The minimum Gasteiger partial charge on any atom is -0.350 e. The number of carbonyl (C=O) groups excluding carboxylic acids is 2. The molecule has 3 aromatic rings. The minimum atomic E-state index is -0.221. The van der Waals surface area contributed by atoms with Crippen molar-refractivity contribution in [2.75, 3.05) is 19.6 Å². The molecule has 0 fully saturated rings. The summed E-state index contributed by atoms with van der Waals surface area (Å²) in [7, 11) is 0. The number of benzene rings is 1. The van der Waals surface area contributed by atoms with E-state index in [4.69, 9.17) is 0 Å². The van der Waals surface area contributed by atoms with Crippen molar-refractivity contribution in [1.82, 2.24) is 25.3 Å². The van der Waals surface area contributed by atoms with E-state index in [2.05, 4.69) is 40.0 Å². The number of amides is 2. The SMILES string of the molecule is CC(CNCC(=O)NCC(=O)NCc1ccc2nccn2c1)Cc1ccccc1. The number of imidazole rings is 1. The Bertz CT molecular complexity index is 939. The topological polar surface area (TPSA) is 87.5 Å². The van der Waals surface area contributed by atoms with Gasteiger partial charge in [0.2, 0.25) is 11.8 Å². The Balaban J connectivity index is 1.29. The van der Waals surface area contributed by atoms with E-state index in [1.54, 1.807) is 6.20 Å². The second-order valence-corrected chi connectivity index (χ2v) is 7.21. The van der Waals surface area contributed by atoms with E-state index in [1.165, 1.54) is 5.56 Å². The van der Waals surface area contributed by atoms with Crippen LogP contribution in [-0.2, 0) is 22.6 Å². The third-order valence-corrected chi connectivity index (χ3v) is 4.59. The number of nitrogens with zero attached hydrogens (tertiary/aromatic N) is 2. The van der Waals surface area contributed by atoms with Gasteiger partial charge in [-0.2, -0.15) is 0 Å². The highest BCUT2D eigenvalue weighted by Crippen LogP contribution is 2.07. The van der Waals surface area contributed by atoms with Gasteiger partial charge in [-0.05, 0) is 36.1 Å². The average molecular weight is 393 g/mol. The number of aromatic nitrogens is 2. The van der Waals surface area contributed by atoms with Crippen molar-refractivity contribution in [3.63, 3.8) is 0 Å².